The van der Waals surface area contributed by atoms with Gasteiger partial charge in [0.25, 0.3) is 5.89 Å². The molecule has 0 saturated carbocycles. The van der Waals surface area contributed by atoms with E-state index in [9.17, 15) is 5.11 Å². The molecule has 1 saturated heterocycles. The molecule has 5 heteroatoms. The maximum atomic E-state index is 10.4. The van der Waals surface area contributed by atoms with Crippen molar-refractivity contribution in [3.63, 3.8) is 0 Å². The normalized spacial score (nSPS) is 27.0. The molecule has 0 radical (unpaired) electrons. The molecule has 1 aromatic heterocycles. The van der Waals surface area contributed by atoms with Crippen LogP contribution < -0.4 is 5.32 Å². The number of piperidine rings is 1. The second-order valence-electron chi connectivity index (χ2n) is 5.49. The van der Waals surface area contributed by atoms with Crippen LogP contribution in [0.15, 0.2) is 4.52 Å². The van der Waals surface area contributed by atoms with E-state index in [-0.39, 0.29) is 5.41 Å². The minimum absolute atomic E-state index is 0.153. The van der Waals surface area contributed by atoms with Crippen LogP contribution in [-0.2, 0) is 11.0 Å². The van der Waals surface area contributed by atoms with Gasteiger partial charge in [-0.05, 0) is 19.4 Å². The van der Waals surface area contributed by atoms with Gasteiger partial charge in [-0.25, -0.2) is 0 Å². The van der Waals surface area contributed by atoms with E-state index in [1.54, 1.807) is 0 Å². The maximum absolute atomic E-state index is 10.4. The Hall–Kier alpha value is -0.940. The summed E-state index contributed by atoms with van der Waals surface area (Å²) in [5.74, 6) is 0.978. The molecule has 1 atom stereocenters. The van der Waals surface area contributed by atoms with Gasteiger partial charge in [-0.15, -0.1) is 0 Å². The molecule has 1 aliphatic heterocycles. The average Bonchev–Trinajstić information content (AvgIpc) is 2.67. The molecule has 0 spiro atoms. The number of nitrogens with one attached hydrogen (secondary N) is 1. The van der Waals surface area contributed by atoms with Gasteiger partial charge in [-0.2, -0.15) is 4.98 Å². The molecule has 0 amide bonds. The molecular formula is C11H19N3O2. The summed E-state index contributed by atoms with van der Waals surface area (Å²) in [6.07, 6.45) is 1.59. The maximum Gasteiger partial charge on any atom is 0.259 e. The number of β-amino-alcohol motifs (C(OH)–C–C–N with tert-alkyl or cyclic N) is 1. The summed E-state index contributed by atoms with van der Waals surface area (Å²) in [6.45, 7) is 7.47. The SMILES string of the molecule is CC(C)(C)c1noc(C2(O)CCCNC2)n1. The van der Waals surface area contributed by atoms with Crippen molar-refractivity contribution in [2.75, 3.05) is 13.1 Å². The van der Waals surface area contributed by atoms with Crippen molar-refractivity contribution >= 4 is 0 Å². The van der Waals surface area contributed by atoms with Crippen molar-refractivity contribution < 1.29 is 9.63 Å². The molecule has 1 aromatic rings. The smallest absolute Gasteiger partial charge is 0.259 e. The quantitative estimate of drug-likeness (QED) is 0.744. The minimum Gasteiger partial charge on any atom is -0.379 e. The number of nitrogens with zero attached hydrogens (tertiary/aromatic N) is 2. The summed E-state index contributed by atoms with van der Waals surface area (Å²) in [7, 11) is 0. The van der Waals surface area contributed by atoms with Gasteiger partial charge in [-0.3, -0.25) is 0 Å². The molecule has 0 bridgehead atoms. The van der Waals surface area contributed by atoms with Gasteiger partial charge in [0.15, 0.2) is 11.4 Å². The third-order valence-corrected chi connectivity index (χ3v) is 2.86. The van der Waals surface area contributed by atoms with Gasteiger partial charge in [0.2, 0.25) is 0 Å². The Bertz CT molecular complexity index is 362. The Balaban J connectivity index is 2.24. The summed E-state index contributed by atoms with van der Waals surface area (Å²) in [5, 5.41) is 17.4. The van der Waals surface area contributed by atoms with Crippen LogP contribution in [0.5, 0.6) is 0 Å². The highest BCUT2D eigenvalue weighted by Gasteiger charge is 2.38. The second-order valence-corrected chi connectivity index (χ2v) is 5.49. The molecule has 0 aromatic carbocycles. The molecule has 1 aliphatic rings. The van der Waals surface area contributed by atoms with E-state index in [1.807, 2.05) is 20.8 Å². The first kappa shape index (κ1) is 11.5. The first-order chi connectivity index (χ1) is 7.42. The topological polar surface area (TPSA) is 71.2 Å². The lowest BCUT2D eigenvalue weighted by molar-refractivity contribution is -0.0167. The molecule has 16 heavy (non-hydrogen) atoms. The summed E-state index contributed by atoms with van der Waals surface area (Å²) < 4.78 is 5.18. The van der Waals surface area contributed by atoms with Crippen molar-refractivity contribution in [2.45, 2.75) is 44.6 Å². The number of aliphatic hydroxyl groups is 1. The molecule has 0 aliphatic carbocycles. The highest BCUT2D eigenvalue weighted by Crippen LogP contribution is 2.28. The molecular weight excluding hydrogens is 206 g/mol. The van der Waals surface area contributed by atoms with Crippen molar-refractivity contribution in [3.8, 4) is 0 Å². The number of aromatic nitrogens is 2. The van der Waals surface area contributed by atoms with E-state index < -0.39 is 5.60 Å². The van der Waals surface area contributed by atoms with Crippen LogP contribution in [0.2, 0.25) is 0 Å². The first-order valence-corrected chi connectivity index (χ1v) is 5.70. The van der Waals surface area contributed by atoms with Crippen LogP contribution in [0, 0.1) is 0 Å². The average molecular weight is 225 g/mol. The lowest BCUT2D eigenvalue weighted by Gasteiger charge is -2.28. The van der Waals surface area contributed by atoms with Gasteiger partial charge >= 0.3 is 0 Å². The fourth-order valence-corrected chi connectivity index (χ4v) is 1.79. The fraction of sp³-hybridized carbons (Fsp3) is 0.818. The lowest BCUT2D eigenvalue weighted by atomic mass is 9.93. The number of rotatable bonds is 1. The monoisotopic (exact) mass is 225 g/mol. The van der Waals surface area contributed by atoms with Crippen LogP contribution in [-0.4, -0.2) is 28.3 Å². The zero-order valence-electron chi connectivity index (χ0n) is 10.1. The predicted octanol–water partition coefficient (Wildman–Crippen LogP) is 0.938. The largest absolute Gasteiger partial charge is 0.379 e. The summed E-state index contributed by atoms with van der Waals surface area (Å²) in [5.41, 5.74) is -1.14. The van der Waals surface area contributed by atoms with E-state index in [0.29, 0.717) is 24.7 Å². The minimum atomic E-state index is -0.991. The zero-order chi connectivity index (χ0) is 11.8. The van der Waals surface area contributed by atoms with E-state index in [1.165, 1.54) is 0 Å². The van der Waals surface area contributed by atoms with Crippen LogP contribution >= 0.6 is 0 Å². The van der Waals surface area contributed by atoms with E-state index >= 15 is 0 Å². The summed E-state index contributed by atoms with van der Waals surface area (Å²) in [4.78, 5) is 4.31. The Kier molecular flexibility index (Phi) is 2.75. The Morgan fingerprint density at radius 2 is 2.19 bits per heavy atom. The van der Waals surface area contributed by atoms with E-state index in [4.69, 9.17) is 4.52 Å². The molecule has 90 valence electrons. The lowest BCUT2D eigenvalue weighted by Crippen LogP contribution is -2.43. The summed E-state index contributed by atoms with van der Waals surface area (Å²) >= 11 is 0. The van der Waals surface area contributed by atoms with E-state index in [2.05, 4.69) is 15.5 Å². The van der Waals surface area contributed by atoms with Gasteiger partial charge in [0.1, 0.15) is 0 Å². The van der Waals surface area contributed by atoms with Gasteiger partial charge < -0.3 is 14.9 Å². The number of hydrogen-bond donors (Lipinski definition) is 2. The van der Waals surface area contributed by atoms with Crippen LogP contribution in [0.25, 0.3) is 0 Å². The van der Waals surface area contributed by atoms with Crippen LogP contribution in [0.4, 0.5) is 0 Å². The standard InChI is InChI=1S/C11H19N3O2/c1-10(2,3)8-13-9(16-14-8)11(15)5-4-6-12-7-11/h12,15H,4-7H2,1-3H3. The van der Waals surface area contributed by atoms with Gasteiger partial charge in [-0.1, -0.05) is 25.9 Å². The van der Waals surface area contributed by atoms with Crippen molar-refractivity contribution in [1.29, 1.82) is 0 Å². The van der Waals surface area contributed by atoms with Crippen LogP contribution in [0.1, 0.15) is 45.3 Å². The number of hydrogen-bond acceptors (Lipinski definition) is 5. The van der Waals surface area contributed by atoms with E-state index in [0.717, 1.165) is 13.0 Å². The first-order valence-electron chi connectivity index (χ1n) is 5.70. The predicted molar refractivity (Wildman–Crippen MR) is 59.0 cm³/mol. The van der Waals surface area contributed by atoms with Crippen LogP contribution in [0.3, 0.4) is 0 Å². The second kappa shape index (κ2) is 3.82. The highest BCUT2D eigenvalue weighted by molar-refractivity contribution is 5.06. The van der Waals surface area contributed by atoms with Crippen molar-refractivity contribution in [3.05, 3.63) is 11.7 Å². The summed E-state index contributed by atoms with van der Waals surface area (Å²) in [6, 6.07) is 0. The zero-order valence-corrected chi connectivity index (χ0v) is 10.1. The Morgan fingerprint density at radius 1 is 1.44 bits per heavy atom. The fourth-order valence-electron chi connectivity index (χ4n) is 1.79. The van der Waals surface area contributed by atoms with Gasteiger partial charge in [0, 0.05) is 12.0 Å². The molecule has 1 unspecified atom stereocenters. The molecule has 2 rings (SSSR count). The van der Waals surface area contributed by atoms with Crippen molar-refractivity contribution in [2.24, 2.45) is 0 Å². The molecule has 1 fully saturated rings. The molecule has 5 nitrogen and oxygen atoms in total. The molecule has 2 N–H and O–H groups in total. The Labute approximate surface area is 95.2 Å². The van der Waals surface area contributed by atoms with Crippen molar-refractivity contribution in [1.82, 2.24) is 15.5 Å². The van der Waals surface area contributed by atoms with Gasteiger partial charge in [0.05, 0.1) is 0 Å². The Morgan fingerprint density at radius 3 is 2.69 bits per heavy atom. The molecule has 2 heterocycles. The highest BCUT2D eigenvalue weighted by atomic mass is 16.5. The third-order valence-electron chi connectivity index (χ3n) is 2.86. The third kappa shape index (κ3) is 2.10.